The van der Waals surface area contributed by atoms with Gasteiger partial charge in [0.2, 0.25) is 5.91 Å². The number of para-hydroxylation sites is 1. The van der Waals surface area contributed by atoms with Crippen LogP contribution < -0.4 is 4.74 Å². The molecule has 0 spiro atoms. The summed E-state index contributed by atoms with van der Waals surface area (Å²) in [6.07, 6.45) is 5.86. The third kappa shape index (κ3) is 3.94. The van der Waals surface area contributed by atoms with Crippen molar-refractivity contribution >= 4 is 39.1 Å². The average Bonchev–Trinajstić information content (AvgIpc) is 3.43. The molecule has 0 unspecified atom stereocenters. The number of hydrogen-bond acceptors (Lipinski definition) is 4. The highest BCUT2D eigenvalue weighted by molar-refractivity contribution is 7.20. The quantitative estimate of drug-likeness (QED) is 0.475. The fraction of sp³-hybridized carbons (Fsp3) is 0.440. The van der Waals surface area contributed by atoms with Gasteiger partial charge in [0.25, 0.3) is 5.19 Å². The Morgan fingerprint density at radius 1 is 1.13 bits per heavy atom. The molecule has 1 aromatic heterocycles. The van der Waals surface area contributed by atoms with Gasteiger partial charge in [-0.3, -0.25) is 4.79 Å². The predicted octanol–water partition coefficient (Wildman–Crippen LogP) is 6.14. The second-order valence-corrected chi connectivity index (χ2v) is 10.2. The maximum atomic E-state index is 13.7. The topological polar surface area (TPSA) is 42.4 Å². The Morgan fingerprint density at radius 2 is 1.84 bits per heavy atom. The van der Waals surface area contributed by atoms with Gasteiger partial charge in [0.15, 0.2) is 0 Å². The van der Waals surface area contributed by atoms with Crippen LogP contribution in [0.5, 0.6) is 5.19 Å². The van der Waals surface area contributed by atoms with Crippen LogP contribution in [0.15, 0.2) is 42.5 Å². The predicted molar refractivity (Wildman–Crippen MR) is 126 cm³/mol. The molecule has 1 amide bonds. The minimum Gasteiger partial charge on any atom is -0.467 e. The number of likely N-dealkylation sites (tertiary alicyclic amines) is 1. The molecule has 2 heterocycles. The molecule has 1 saturated heterocycles. The molecule has 1 aliphatic heterocycles. The van der Waals surface area contributed by atoms with Crippen molar-refractivity contribution in [1.29, 1.82) is 0 Å². The molecule has 0 N–H and O–H groups in total. The van der Waals surface area contributed by atoms with Gasteiger partial charge in [0.1, 0.15) is 6.10 Å². The van der Waals surface area contributed by atoms with Crippen molar-refractivity contribution in [2.45, 2.75) is 57.0 Å². The summed E-state index contributed by atoms with van der Waals surface area (Å²) >= 11 is 7.70. The normalized spacial score (nSPS) is 19.1. The second-order valence-electron chi connectivity index (χ2n) is 8.81. The van der Waals surface area contributed by atoms with Crippen molar-refractivity contribution < 1.29 is 9.53 Å². The van der Waals surface area contributed by atoms with Gasteiger partial charge in [-0.2, -0.15) is 0 Å². The van der Waals surface area contributed by atoms with Crippen LogP contribution in [0.25, 0.3) is 10.2 Å². The number of ether oxygens (including phenoxy) is 1. The molecular weight excluding hydrogens is 428 g/mol. The molecule has 2 aliphatic rings. The molecule has 1 aliphatic carbocycles. The van der Waals surface area contributed by atoms with Gasteiger partial charge < -0.3 is 9.64 Å². The molecule has 2 aromatic carbocycles. The number of benzene rings is 2. The van der Waals surface area contributed by atoms with E-state index in [0.29, 0.717) is 5.02 Å². The van der Waals surface area contributed by atoms with Gasteiger partial charge in [0.05, 0.1) is 15.6 Å². The summed E-state index contributed by atoms with van der Waals surface area (Å²) in [4.78, 5) is 20.4. The first kappa shape index (κ1) is 20.8. The van der Waals surface area contributed by atoms with E-state index in [1.807, 2.05) is 24.3 Å². The Kier molecular flexibility index (Phi) is 5.65. The maximum absolute atomic E-state index is 13.7. The van der Waals surface area contributed by atoms with Crippen LogP contribution in [0.3, 0.4) is 0 Å². The average molecular weight is 455 g/mol. The molecule has 6 heteroatoms. The molecule has 1 saturated carbocycles. The number of carbonyl (C=O) groups excluding carboxylic acids is 1. The molecule has 31 heavy (non-hydrogen) atoms. The highest BCUT2D eigenvalue weighted by Gasteiger charge is 2.45. The van der Waals surface area contributed by atoms with Crippen LogP contribution in [-0.2, 0) is 10.2 Å². The molecule has 0 bridgehead atoms. The lowest BCUT2D eigenvalue weighted by Crippen LogP contribution is -2.50. The number of halogens is 1. The van der Waals surface area contributed by atoms with E-state index in [1.54, 1.807) is 11.3 Å². The summed E-state index contributed by atoms with van der Waals surface area (Å²) < 4.78 is 7.39. The fourth-order valence-electron chi connectivity index (χ4n) is 5.11. The third-order valence-electron chi connectivity index (χ3n) is 6.86. The number of hydrogen-bond donors (Lipinski definition) is 0. The Balaban J connectivity index is 1.26. The highest BCUT2D eigenvalue weighted by atomic mass is 35.5. The van der Waals surface area contributed by atoms with E-state index in [-0.39, 0.29) is 17.4 Å². The second kappa shape index (κ2) is 8.44. The van der Waals surface area contributed by atoms with E-state index in [4.69, 9.17) is 16.3 Å². The number of nitrogens with zero attached hydrogens (tertiary/aromatic N) is 2. The summed E-state index contributed by atoms with van der Waals surface area (Å²) in [5.74, 6) is 0.279. The molecule has 3 aromatic rings. The van der Waals surface area contributed by atoms with Crippen LogP contribution in [0.4, 0.5) is 0 Å². The van der Waals surface area contributed by atoms with Crippen molar-refractivity contribution in [3.05, 3.63) is 58.6 Å². The largest absolute Gasteiger partial charge is 0.467 e. The van der Waals surface area contributed by atoms with E-state index < -0.39 is 0 Å². The number of fused-ring (bicyclic) bond motifs is 1. The van der Waals surface area contributed by atoms with Crippen LogP contribution in [0, 0.1) is 6.92 Å². The summed E-state index contributed by atoms with van der Waals surface area (Å²) in [7, 11) is 0. The Morgan fingerprint density at radius 3 is 2.52 bits per heavy atom. The van der Waals surface area contributed by atoms with E-state index >= 15 is 0 Å². The lowest BCUT2D eigenvalue weighted by Gasteiger charge is -2.38. The first-order valence-electron chi connectivity index (χ1n) is 11.1. The highest BCUT2D eigenvalue weighted by Crippen LogP contribution is 2.43. The van der Waals surface area contributed by atoms with Crippen molar-refractivity contribution in [2.75, 3.05) is 13.1 Å². The first-order chi connectivity index (χ1) is 15.0. The summed E-state index contributed by atoms with van der Waals surface area (Å²) in [6, 6.07) is 14.1. The zero-order chi connectivity index (χ0) is 21.4. The minimum absolute atomic E-state index is 0.111. The Bertz CT molecular complexity index is 1080. The number of aromatic nitrogens is 1. The van der Waals surface area contributed by atoms with E-state index in [9.17, 15) is 4.79 Å². The standard InChI is InChI=1S/C25H27ClN2O2S/c1-17-5-4-6-21-22(17)27-24(31-21)30-20-11-15-28(16-12-20)23(29)25(13-2-3-14-25)18-7-9-19(26)10-8-18/h4-10,20H,2-3,11-16H2,1H3. The lowest BCUT2D eigenvalue weighted by molar-refractivity contribution is -0.139. The monoisotopic (exact) mass is 454 g/mol. The molecule has 4 nitrogen and oxygen atoms in total. The Labute approximate surface area is 192 Å². The maximum Gasteiger partial charge on any atom is 0.274 e. The fourth-order valence-corrected chi connectivity index (χ4v) is 6.20. The van der Waals surface area contributed by atoms with Gasteiger partial charge in [-0.15, -0.1) is 0 Å². The van der Waals surface area contributed by atoms with Crippen LogP contribution in [-0.4, -0.2) is 35.0 Å². The van der Waals surface area contributed by atoms with Crippen LogP contribution >= 0.6 is 22.9 Å². The number of rotatable bonds is 4. The zero-order valence-corrected chi connectivity index (χ0v) is 19.3. The van der Waals surface area contributed by atoms with Crippen LogP contribution in [0.1, 0.15) is 49.7 Å². The number of amides is 1. The zero-order valence-electron chi connectivity index (χ0n) is 17.8. The summed E-state index contributed by atoms with van der Waals surface area (Å²) in [5.41, 5.74) is 2.93. The molecule has 5 rings (SSSR count). The number of carbonyl (C=O) groups is 1. The third-order valence-corrected chi connectivity index (χ3v) is 8.02. The van der Waals surface area contributed by atoms with Crippen molar-refractivity contribution in [1.82, 2.24) is 9.88 Å². The van der Waals surface area contributed by atoms with Gasteiger partial charge >= 0.3 is 0 Å². The van der Waals surface area contributed by atoms with Gasteiger partial charge in [-0.05, 0) is 49.1 Å². The van der Waals surface area contributed by atoms with Gasteiger partial charge in [-0.25, -0.2) is 4.98 Å². The van der Waals surface area contributed by atoms with Crippen molar-refractivity contribution in [2.24, 2.45) is 0 Å². The number of piperidine rings is 1. The molecule has 162 valence electrons. The van der Waals surface area contributed by atoms with Gasteiger partial charge in [0, 0.05) is 31.0 Å². The first-order valence-corrected chi connectivity index (χ1v) is 12.3. The smallest absolute Gasteiger partial charge is 0.274 e. The van der Waals surface area contributed by atoms with E-state index in [1.165, 1.54) is 5.56 Å². The summed E-state index contributed by atoms with van der Waals surface area (Å²) in [6.45, 7) is 3.56. The van der Waals surface area contributed by atoms with Crippen molar-refractivity contribution in [3.8, 4) is 5.19 Å². The molecule has 2 fully saturated rings. The van der Waals surface area contributed by atoms with Gasteiger partial charge in [-0.1, -0.05) is 60.0 Å². The van der Waals surface area contributed by atoms with E-state index in [0.717, 1.165) is 72.6 Å². The Hall–Kier alpha value is -2.11. The molecular formula is C25H27ClN2O2S. The molecule has 0 atom stereocenters. The molecule has 0 radical (unpaired) electrons. The minimum atomic E-state index is -0.386. The lowest BCUT2D eigenvalue weighted by atomic mass is 9.77. The number of thiazole rings is 1. The van der Waals surface area contributed by atoms with Crippen molar-refractivity contribution in [3.63, 3.8) is 0 Å². The number of aryl methyl sites for hydroxylation is 1. The SMILES string of the molecule is Cc1cccc2sc(OC3CCN(C(=O)C4(c5ccc(Cl)cc5)CCCC4)CC3)nc12. The van der Waals surface area contributed by atoms with E-state index in [2.05, 4.69) is 35.0 Å². The summed E-state index contributed by atoms with van der Waals surface area (Å²) in [5, 5.41) is 1.45. The van der Waals surface area contributed by atoms with Crippen LogP contribution in [0.2, 0.25) is 5.02 Å².